The minimum absolute atomic E-state index is 0.195. The molecule has 0 aliphatic carbocycles. The van der Waals surface area contributed by atoms with Crippen molar-refractivity contribution in [1.29, 1.82) is 5.26 Å². The molecule has 2 nitrogen and oxygen atoms in total. The van der Waals surface area contributed by atoms with E-state index in [0.29, 0.717) is 0 Å². The zero-order valence-electron chi connectivity index (χ0n) is 9.42. The van der Waals surface area contributed by atoms with Crippen LogP contribution in [0, 0.1) is 11.3 Å². The number of hydrogen-bond acceptors (Lipinski definition) is 2. The van der Waals surface area contributed by atoms with Gasteiger partial charge in [-0.3, -0.25) is 0 Å². The fraction of sp³-hybridized carbons (Fsp3) is 0.250. The lowest BCUT2D eigenvalue weighted by Gasteiger charge is -2.10. The van der Waals surface area contributed by atoms with Crippen molar-refractivity contribution in [2.45, 2.75) is 6.18 Å². The maximum atomic E-state index is 12.5. The number of halogens is 3. The molecular formula is C12H11F3N2. The molecule has 0 bridgehead atoms. The van der Waals surface area contributed by atoms with E-state index in [-0.39, 0.29) is 11.1 Å². The maximum absolute atomic E-state index is 12.5. The molecule has 0 aromatic heterocycles. The first-order chi connectivity index (χ1) is 7.84. The van der Waals surface area contributed by atoms with Crippen LogP contribution in [0.2, 0.25) is 0 Å². The minimum Gasteiger partial charge on any atom is -0.382 e. The van der Waals surface area contributed by atoms with Gasteiger partial charge in [-0.25, -0.2) is 0 Å². The molecule has 0 aliphatic heterocycles. The lowest BCUT2D eigenvalue weighted by Crippen LogP contribution is -2.06. The number of hydrogen-bond donors (Lipinski definition) is 0. The van der Waals surface area contributed by atoms with E-state index in [0.717, 1.165) is 12.1 Å². The molecule has 0 saturated heterocycles. The minimum atomic E-state index is -4.39. The zero-order valence-corrected chi connectivity index (χ0v) is 9.42. The molecule has 0 radical (unpaired) electrons. The molecule has 1 aromatic rings. The van der Waals surface area contributed by atoms with E-state index in [9.17, 15) is 13.2 Å². The van der Waals surface area contributed by atoms with Crippen LogP contribution >= 0.6 is 0 Å². The highest BCUT2D eigenvalue weighted by atomic mass is 19.4. The molecule has 0 N–H and O–H groups in total. The molecule has 0 unspecified atom stereocenters. The van der Waals surface area contributed by atoms with Crippen molar-refractivity contribution < 1.29 is 13.2 Å². The van der Waals surface area contributed by atoms with Gasteiger partial charge in [0.15, 0.2) is 0 Å². The number of nitriles is 1. The van der Waals surface area contributed by atoms with Crippen molar-refractivity contribution in [2.24, 2.45) is 0 Å². The Bertz CT molecular complexity index is 467. The quantitative estimate of drug-likeness (QED) is 0.742. The van der Waals surface area contributed by atoms with Gasteiger partial charge in [0.2, 0.25) is 0 Å². The van der Waals surface area contributed by atoms with Crippen molar-refractivity contribution in [1.82, 2.24) is 4.90 Å². The van der Waals surface area contributed by atoms with Gasteiger partial charge in [0.1, 0.15) is 6.07 Å². The predicted octanol–water partition coefficient (Wildman–Crippen LogP) is 3.13. The van der Waals surface area contributed by atoms with Gasteiger partial charge in [0.25, 0.3) is 0 Å². The van der Waals surface area contributed by atoms with E-state index in [1.165, 1.54) is 18.3 Å². The van der Waals surface area contributed by atoms with Crippen LogP contribution in [-0.4, -0.2) is 19.0 Å². The Balaban J connectivity index is 3.20. The lowest BCUT2D eigenvalue weighted by atomic mass is 10.0. The Morgan fingerprint density at radius 1 is 1.35 bits per heavy atom. The summed E-state index contributed by atoms with van der Waals surface area (Å²) in [6.07, 6.45) is -2.91. The Morgan fingerprint density at radius 2 is 2.00 bits per heavy atom. The highest BCUT2D eigenvalue weighted by Gasteiger charge is 2.30. The number of allylic oxidation sites excluding steroid dienone is 1. The second-order valence-electron chi connectivity index (χ2n) is 3.70. The van der Waals surface area contributed by atoms with E-state index in [4.69, 9.17) is 5.26 Å². The standard InChI is InChI=1S/C12H11F3N2/c1-17(2)8-10(7-16)9-4-3-5-11(6-9)12(13,14)15/h3-6,8H,1-2H3/b10-8-. The van der Waals surface area contributed by atoms with Crippen LogP contribution < -0.4 is 0 Å². The topological polar surface area (TPSA) is 27.0 Å². The first kappa shape index (κ1) is 13.1. The lowest BCUT2D eigenvalue weighted by molar-refractivity contribution is -0.137. The third-order valence-electron chi connectivity index (χ3n) is 2.01. The fourth-order valence-electron chi connectivity index (χ4n) is 1.29. The zero-order chi connectivity index (χ0) is 13.1. The molecule has 0 saturated carbocycles. The van der Waals surface area contributed by atoms with Gasteiger partial charge in [-0.2, -0.15) is 18.4 Å². The smallest absolute Gasteiger partial charge is 0.382 e. The monoisotopic (exact) mass is 240 g/mol. The van der Waals surface area contributed by atoms with E-state index in [1.54, 1.807) is 19.0 Å². The molecule has 1 aromatic carbocycles. The molecule has 0 amide bonds. The summed E-state index contributed by atoms with van der Waals surface area (Å²) in [7, 11) is 3.40. The Morgan fingerprint density at radius 3 is 2.47 bits per heavy atom. The largest absolute Gasteiger partial charge is 0.416 e. The van der Waals surface area contributed by atoms with Crippen molar-refractivity contribution >= 4 is 5.57 Å². The summed E-state index contributed by atoms with van der Waals surface area (Å²) in [5, 5.41) is 8.90. The summed E-state index contributed by atoms with van der Waals surface area (Å²) in [5.74, 6) is 0. The summed E-state index contributed by atoms with van der Waals surface area (Å²) in [6.45, 7) is 0. The van der Waals surface area contributed by atoms with E-state index in [2.05, 4.69) is 0 Å². The van der Waals surface area contributed by atoms with E-state index >= 15 is 0 Å². The van der Waals surface area contributed by atoms with Gasteiger partial charge in [-0.15, -0.1) is 0 Å². The molecule has 0 atom stereocenters. The Hall–Kier alpha value is -1.96. The van der Waals surface area contributed by atoms with Crippen LogP contribution in [0.15, 0.2) is 30.5 Å². The summed E-state index contributed by atoms with van der Waals surface area (Å²) >= 11 is 0. The SMILES string of the molecule is CN(C)/C=C(/C#N)c1cccc(C(F)(F)F)c1. The van der Waals surface area contributed by atoms with Gasteiger partial charge in [-0.05, 0) is 17.7 Å². The van der Waals surface area contributed by atoms with Crippen LogP contribution in [0.4, 0.5) is 13.2 Å². The van der Waals surface area contributed by atoms with Crippen LogP contribution in [0.25, 0.3) is 5.57 Å². The van der Waals surface area contributed by atoms with Crippen LogP contribution in [-0.2, 0) is 6.18 Å². The van der Waals surface area contributed by atoms with Crippen molar-refractivity contribution in [2.75, 3.05) is 14.1 Å². The molecule has 17 heavy (non-hydrogen) atoms. The molecule has 0 aliphatic rings. The van der Waals surface area contributed by atoms with Gasteiger partial charge in [0.05, 0.1) is 11.1 Å². The Kier molecular flexibility index (Phi) is 3.79. The van der Waals surface area contributed by atoms with Gasteiger partial charge in [-0.1, -0.05) is 12.1 Å². The number of benzene rings is 1. The predicted molar refractivity (Wildman–Crippen MR) is 58.7 cm³/mol. The molecule has 1 rings (SSSR count). The van der Waals surface area contributed by atoms with Crippen LogP contribution in [0.5, 0.6) is 0 Å². The molecule has 5 heteroatoms. The van der Waals surface area contributed by atoms with Gasteiger partial charge in [0, 0.05) is 20.3 Å². The third-order valence-corrected chi connectivity index (χ3v) is 2.01. The van der Waals surface area contributed by atoms with Crippen molar-refractivity contribution in [3.05, 3.63) is 41.6 Å². The Labute approximate surface area is 97.6 Å². The van der Waals surface area contributed by atoms with Gasteiger partial charge >= 0.3 is 6.18 Å². The number of rotatable bonds is 2. The van der Waals surface area contributed by atoms with E-state index < -0.39 is 11.7 Å². The summed E-state index contributed by atoms with van der Waals surface area (Å²) in [4.78, 5) is 1.61. The van der Waals surface area contributed by atoms with Crippen molar-refractivity contribution in [3.8, 4) is 6.07 Å². The van der Waals surface area contributed by atoms with E-state index in [1.807, 2.05) is 6.07 Å². The number of nitrogens with zero attached hydrogens (tertiary/aromatic N) is 2. The normalized spacial score (nSPS) is 12.1. The average Bonchev–Trinajstić information content (AvgIpc) is 2.24. The highest BCUT2D eigenvalue weighted by Crippen LogP contribution is 2.30. The highest BCUT2D eigenvalue weighted by molar-refractivity contribution is 5.76. The van der Waals surface area contributed by atoms with Gasteiger partial charge < -0.3 is 4.90 Å². The maximum Gasteiger partial charge on any atom is 0.416 e. The first-order valence-corrected chi connectivity index (χ1v) is 4.80. The molecule has 0 fully saturated rings. The third kappa shape index (κ3) is 3.52. The van der Waals surface area contributed by atoms with Crippen LogP contribution in [0.3, 0.4) is 0 Å². The first-order valence-electron chi connectivity index (χ1n) is 4.80. The fourth-order valence-corrected chi connectivity index (χ4v) is 1.29. The summed E-state index contributed by atoms with van der Waals surface area (Å²) in [5.41, 5.74) is -0.299. The van der Waals surface area contributed by atoms with Crippen LogP contribution in [0.1, 0.15) is 11.1 Å². The molecule has 90 valence electrons. The molecule has 0 spiro atoms. The second-order valence-corrected chi connectivity index (χ2v) is 3.70. The number of alkyl halides is 3. The second kappa shape index (κ2) is 4.91. The van der Waals surface area contributed by atoms with Crippen molar-refractivity contribution in [3.63, 3.8) is 0 Å². The molecular weight excluding hydrogens is 229 g/mol. The average molecular weight is 240 g/mol. The summed E-state index contributed by atoms with van der Waals surface area (Å²) < 4.78 is 37.5. The summed E-state index contributed by atoms with van der Waals surface area (Å²) in [6, 6.07) is 6.60. The molecule has 0 heterocycles.